The molecule has 3 N–H and O–H groups in total. The Bertz CT molecular complexity index is 800. The highest BCUT2D eigenvalue weighted by atomic mass is 19.1. The third kappa shape index (κ3) is 5.37. The van der Waals surface area contributed by atoms with Crippen molar-refractivity contribution >= 4 is 0 Å². The first-order valence-electron chi connectivity index (χ1n) is 9.20. The molecule has 2 aromatic carbocycles. The van der Waals surface area contributed by atoms with E-state index in [1.165, 1.54) is 11.6 Å². The van der Waals surface area contributed by atoms with E-state index in [-0.39, 0.29) is 5.82 Å². The summed E-state index contributed by atoms with van der Waals surface area (Å²) >= 11 is 0. The van der Waals surface area contributed by atoms with Gasteiger partial charge in [-0.05, 0) is 55.6 Å². The fourth-order valence-corrected chi connectivity index (χ4v) is 3.47. The number of phenolic OH excluding ortho intramolecular Hbond substituents is 1. The van der Waals surface area contributed by atoms with Crippen LogP contribution in [0.5, 0.6) is 5.75 Å². The number of nitrogens with zero attached hydrogens (tertiary/aromatic N) is 2. The molecule has 1 saturated heterocycles. The van der Waals surface area contributed by atoms with Crippen LogP contribution in [0, 0.1) is 11.3 Å². The Labute approximate surface area is 159 Å². The van der Waals surface area contributed by atoms with E-state index in [0.29, 0.717) is 36.0 Å². The molecule has 0 aromatic heterocycles. The first-order valence-corrected chi connectivity index (χ1v) is 9.20. The predicted octanol–water partition coefficient (Wildman–Crippen LogP) is 4.37. The minimum absolute atomic E-state index is 0.239. The van der Waals surface area contributed by atoms with Crippen LogP contribution < -0.4 is 5.32 Å². The van der Waals surface area contributed by atoms with Crippen LogP contribution in [-0.2, 0) is 6.54 Å². The van der Waals surface area contributed by atoms with Crippen molar-refractivity contribution in [3.8, 4) is 5.75 Å². The highest BCUT2D eigenvalue weighted by molar-refractivity contribution is 5.30. The smallest absolute Gasteiger partial charge is 0.128 e. The quantitative estimate of drug-likeness (QED) is 0.636. The maximum Gasteiger partial charge on any atom is 0.128 e. The van der Waals surface area contributed by atoms with Crippen LogP contribution in [0.1, 0.15) is 29.9 Å². The molecule has 5 nitrogen and oxygen atoms in total. The van der Waals surface area contributed by atoms with Gasteiger partial charge in [0.25, 0.3) is 0 Å². The molecule has 6 heteroatoms. The number of piperidine rings is 1. The lowest BCUT2D eigenvalue weighted by Gasteiger charge is -2.32. The summed E-state index contributed by atoms with van der Waals surface area (Å²) in [5, 5.41) is 16.3. The molecule has 0 atom stereocenters. The fourth-order valence-electron chi connectivity index (χ4n) is 3.47. The van der Waals surface area contributed by atoms with Crippen LogP contribution in [0.2, 0.25) is 0 Å². The van der Waals surface area contributed by atoms with Crippen molar-refractivity contribution in [1.82, 2.24) is 10.2 Å². The van der Waals surface area contributed by atoms with E-state index in [4.69, 9.17) is 5.53 Å². The van der Waals surface area contributed by atoms with Gasteiger partial charge in [0.1, 0.15) is 11.6 Å². The largest absolute Gasteiger partial charge is 0.508 e. The number of likely N-dealkylation sites (tertiary alicyclic amines) is 1. The van der Waals surface area contributed by atoms with E-state index in [1.54, 1.807) is 30.5 Å². The molecule has 0 unspecified atom stereocenters. The van der Waals surface area contributed by atoms with Gasteiger partial charge in [0.2, 0.25) is 0 Å². The molecule has 27 heavy (non-hydrogen) atoms. The van der Waals surface area contributed by atoms with Crippen molar-refractivity contribution < 1.29 is 9.50 Å². The molecule has 1 aliphatic rings. The second-order valence-corrected chi connectivity index (χ2v) is 6.87. The summed E-state index contributed by atoms with van der Waals surface area (Å²) < 4.78 is 13.6. The van der Waals surface area contributed by atoms with E-state index in [0.717, 1.165) is 25.9 Å². The molecule has 0 radical (unpaired) electrons. The van der Waals surface area contributed by atoms with Crippen molar-refractivity contribution in [1.29, 1.82) is 5.53 Å². The highest BCUT2D eigenvalue weighted by Crippen LogP contribution is 2.30. The Morgan fingerprint density at radius 3 is 2.70 bits per heavy atom. The zero-order chi connectivity index (χ0) is 19.1. The van der Waals surface area contributed by atoms with Crippen LogP contribution in [0.25, 0.3) is 0 Å². The predicted molar refractivity (Wildman–Crippen MR) is 103 cm³/mol. The van der Waals surface area contributed by atoms with E-state index in [2.05, 4.69) is 21.4 Å². The molecule has 1 aliphatic heterocycles. The minimum Gasteiger partial charge on any atom is -0.508 e. The molecule has 1 fully saturated rings. The number of aromatic hydroxyl groups is 1. The molecule has 0 aliphatic carbocycles. The number of phenols is 1. The highest BCUT2D eigenvalue weighted by Gasteiger charge is 2.21. The number of hydrogen-bond acceptors (Lipinski definition) is 5. The van der Waals surface area contributed by atoms with Crippen molar-refractivity contribution in [2.24, 2.45) is 5.11 Å². The number of nitrogens with one attached hydrogen (secondary N) is 2. The second kappa shape index (κ2) is 9.28. The Kier molecular flexibility index (Phi) is 6.54. The van der Waals surface area contributed by atoms with Crippen LogP contribution in [0.4, 0.5) is 4.39 Å². The van der Waals surface area contributed by atoms with Gasteiger partial charge in [-0.3, -0.25) is 4.90 Å². The first-order chi connectivity index (χ1) is 13.2. The van der Waals surface area contributed by atoms with Gasteiger partial charge < -0.3 is 10.4 Å². The molecule has 1 heterocycles. The summed E-state index contributed by atoms with van der Waals surface area (Å²) in [7, 11) is 0. The van der Waals surface area contributed by atoms with Gasteiger partial charge in [-0.15, -0.1) is 0 Å². The average Bonchev–Trinajstić information content (AvgIpc) is 2.69. The van der Waals surface area contributed by atoms with Crippen molar-refractivity contribution in [2.75, 3.05) is 19.6 Å². The van der Waals surface area contributed by atoms with Gasteiger partial charge in [-0.2, -0.15) is 5.11 Å². The Hall–Kier alpha value is -2.73. The molecule has 0 bridgehead atoms. The number of hydrogen-bond donors (Lipinski definition) is 3. The Morgan fingerprint density at radius 1 is 1.22 bits per heavy atom. The molecular formula is C21H25FN4O. The summed E-state index contributed by atoms with van der Waals surface area (Å²) in [5.74, 6) is 0.527. The van der Waals surface area contributed by atoms with Gasteiger partial charge in [-0.1, -0.05) is 30.3 Å². The van der Waals surface area contributed by atoms with Gasteiger partial charge in [-0.25, -0.2) is 9.92 Å². The van der Waals surface area contributed by atoms with E-state index in [1.807, 2.05) is 12.1 Å². The van der Waals surface area contributed by atoms with Crippen molar-refractivity contribution in [3.05, 3.63) is 77.4 Å². The van der Waals surface area contributed by atoms with E-state index in [9.17, 15) is 9.50 Å². The maximum absolute atomic E-state index is 13.6. The lowest BCUT2D eigenvalue weighted by Crippen LogP contribution is -2.34. The summed E-state index contributed by atoms with van der Waals surface area (Å²) in [6, 6.07) is 14.1. The monoisotopic (exact) mass is 368 g/mol. The standard InChI is InChI=1S/C21H25FN4O/c22-21-7-2-1-4-18(21)13-24-14-19(25-23)15-26-10-8-16(9-11-26)17-5-3-6-20(27)12-17/h1-7,12,14,16,23-24,27H,8-11,13,15H2/b19-14-,25-23?. The number of benzene rings is 2. The average molecular weight is 368 g/mol. The summed E-state index contributed by atoms with van der Waals surface area (Å²) in [6.45, 7) is 2.80. The summed E-state index contributed by atoms with van der Waals surface area (Å²) in [4.78, 5) is 2.27. The maximum atomic E-state index is 13.6. The molecule has 0 amide bonds. The zero-order valence-electron chi connectivity index (χ0n) is 15.2. The third-order valence-corrected chi connectivity index (χ3v) is 4.98. The van der Waals surface area contributed by atoms with Crippen molar-refractivity contribution in [3.63, 3.8) is 0 Å². The topological polar surface area (TPSA) is 71.7 Å². The normalized spacial score (nSPS) is 16.3. The van der Waals surface area contributed by atoms with E-state index >= 15 is 0 Å². The van der Waals surface area contributed by atoms with Gasteiger partial charge in [0.15, 0.2) is 0 Å². The van der Waals surface area contributed by atoms with Crippen molar-refractivity contribution in [2.45, 2.75) is 25.3 Å². The lowest BCUT2D eigenvalue weighted by molar-refractivity contribution is 0.226. The number of halogens is 1. The molecular weight excluding hydrogens is 343 g/mol. The van der Waals surface area contributed by atoms with Crippen LogP contribution >= 0.6 is 0 Å². The molecule has 0 saturated carbocycles. The zero-order valence-corrected chi connectivity index (χ0v) is 15.2. The molecule has 2 aromatic rings. The molecule has 3 rings (SSSR count). The molecule has 142 valence electrons. The minimum atomic E-state index is -0.239. The summed E-state index contributed by atoms with van der Waals surface area (Å²) in [6.07, 6.45) is 3.72. The second-order valence-electron chi connectivity index (χ2n) is 6.87. The number of rotatable bonds is 7. The summed E-state index contributed by atoms with van der Waals surface area (Å²) in [5.41, 5.74) is 9.79. The van der Waals surface area contributed by atoms with Crippen LogP contribution in [0.3, 0.4) is 0 Å². The lowest BCUT2D eigenvalue weighted by atomic mass is 9.89. The Morgan fingerprint density at radius 2 is 2.00 bits per heavy atom. The fraction of sp³-hybridized carbons (Fsp3) is 0.333. The SMILES string of the molecule is N=N/C(=C\NCc1ccccc1F)CN1CCC(c2cccc(O)c2)CC1. The third-order valence-electron chi connectivity index (χ3n) is 4.98. The van der Waals surface area contributed by atoms with Crippen LogP contribution in [-0.4, -0.2) is 29.6 Å². The van der Waals surface area contributed by atoms with Gasteiger partial charge in [0, 0.05) is 24.9 Å². The Balaban J connectivity index is 1.49. The van der Waals surface area contributed by atoms with E-state index < -0.39 is 0 Å². The molecule has 0 spiro atoms. The van der Waals surface area contributed by atoms with Gasteiger partial charge in [0.05, 0.1) is 5.70 Å². The van der Waals surface area contributed by atoms with Gasteiger partial charge >= 0.3 is 0 Å². The first kappa shape index (κ1) is 19.0. The van der Waals surface area contributed by atoms with Crippen LogP contribution in [0.15, 0.2) is 65.5 Å².